The molecule has 0 bridgehead atoms. The van der Waals surface area contributed by atoms with E-state index in [0.717, 1.165) is 10.3 Å². The average Bonchev–Trinajstić information content (AvgIpc) is 3.22. The molecule has 0 fully saturated rings. The predicted octanol–water partition coefficient (Wildman–Crippen LogP) is 5.50. The minimum absolute atomic E-state index is 0.148. The van der Waals surface area contributed by atoms with E-state index in [1.54, 1.807) is 48.5 Å². The molecule has 3 aromatic carbocycles. The minimum Gasteiger partial charge on any atom is -0.454 e. The lowest BCUT2D eigenvalue weighted by molar-refractivity contribution is 0.0465. The fraction of sp³-hybridized carbons (Fsp3) is 0.0417. The van der Waals surface area contributed by atoms with Gasteiger partial charge in [0.05, 0.1) is 11.1 Å². The van der Waals surface area contributed by atoms with E-state index in [1.807, 2.05) is 30.3 Å². The Morgan fingerprint density at radius 3 is 2.43 bits per heavy atom. The van der Waals surface area contributed by atoms with Crippen molar-refractivity contribution >= 4 is 34.5 Å². The number of ketones is 1. The van der Waals surface area contributed by atoms with E-state index in [2.05, 4.69) is 6.07 Å². The van der Waals surface area contributed by atoms with E-state index < -0.39 is 18.4 Å². The van der Waals surface area contributed by atoms with Crippen LogP contribution >= 0.6 is 11.8 Å². The van der Waals surface area contributed by atoms with Crippen molar-refractivity contribution in [3.63, 3.8) is 0 Å². The summed E-state index contributed by atoms with van der Waals surface area (Å²) in [5.74, 6) is -0.883. The summed E-state index contributed by atoms with van der Waals surface area (Å²) in [6.07, 6.45) is 0. The van der Waals surface area contributed by atoms with Crippen LogP contribution in [-0.2, 0) is 4.74 Å². The fourth-order valence-corrected chi connectivity index (χ4v) is 3.91. The zero-order valence-electron chi connectivity index (χ0n) is 15.7. The normalized spacial score (nSPS) is 10.5. The average molecular weight is 413 g/mol. The number of para-hydroxylation sites is 1. The predicted molar refractivity (Wildman–Crippen MR) is 113 cm³/mol. The second-order valence-electron chi connectivity index (χ2n) is 6.35. The molecule has 4 aromatic rings. The van der Waals surface area contributed by atoms with Gasteiger partial charge in [-0.1, -0.05) is 54.2 Å². The lowest BCUT2D eigenvalue weighted by Crippen LogP contribution is -2.14. The second-order valence-corrected chi connectivity index (χ2v) is 7.44. The van der Waals surface area contributed by atoms with Crippen molar-refractivity contribution in [3.05, 3.63) is 95.7 Å². The first-order valence-electron chi connectivity index (χ1n) is 9.10. The zero-order valence-corrected chi connectivity index (χ0v) is 16.5. The Kier molecular flexibility index (Phi) is 5.64. The van der Waals surface area contributed by atoms with Crippen molar-refractivity contribution < 1.29 is 18.7 Å². The third-order valence-electron chi connectivity index (χ3n) is 4.37. The largest absolute Gasteiger partial charge is 0.454 e. The molecule has 0 aliphatic carbocycles. The summed E-state index contributed by atoms with van der Waals surface area (Å²) in [5, 5.41) is 10.1. The highest BCUT2D eigenvalue weighted by atomic mass is 32.2. The summed E-state index contributed by atoms with van der Waals surface area (Å²) in [6, 6.07) is 25.1. The number of hydrogen-bond donors (Lipinski definition) is 0. The van der Waals surface area contributed by atoms with E-state index >= 15 is 0 Å². The number of benzene rings is 3. The first-order chi connectivity index (χ1) is 14.7. The van der Waals surface area contributed by atoms with Gasteiger partial charge in [-0.25, -0.2) is 4.79 Å². The Bertz CT molecular complexity index is 1250. The van der Waals surface area contributed by atoms with Gasteiger partial charge in [-0.3, -0.25) is 4.79 Å². The lowest BCUT2D eigenvalue weighted by atomic mass is 10.2. The molecule has 0 spiro atoms. The number of carbonyl (C=O) groups is 2. The molecule has 1 heterocycles. The molecular formula is C24H15NO4S. The van der Waals surface area contributed by atoms with E-state index in [0.29, 0.717) is 21.6 Å². The molecule has 0 radical (unpaired) electrons. The molecule has 0 unspecified atom stereocenters. The quantitative estimate of drug-likeness (QED) is 0.307. The van der Waals surface area contributed by atoms with Crippen LogP contribution < -0.4 is 0 Å². The van der Waals surface area contributed by atoms with Gasteiger partial charge in [0.15, 0.2) is 12.4 Å². The Hall–Kier alpha value is -3.82. The Morgan fingerprint density at radius 2 is 1.63 bits per heavy atom. The molecular weight excluding hydrogens is 398 g/mol. The molecule has 0 saturated heterocycles. The number of hydrogen-bond acceptors (Lipinski definition) is 6. The van der Waals surface area contributed by atoms with Crippen molar-refractivity contribution in [2.45, 2.75) is 9.79 Å². The van der Waals surface area contributed by atoms with Gasteiger partial charge >= 0.3 is 5.97 Å². The van der Waals surface area contributed by atoms with Gasteiger partial charge in [-0.2, -0.15) is 5.26 Å². The third-order valence-corrected chi connectivity index (χ3v) is 5.52. The van der Waals surface area contributed by atoms with Crippen LogP contribution in [0.1, 0.15) is 26.5 Å². The number of fused-ring (bicyclic) bond motifs is 1. The Balaban J connectivity index is 1.48. The summed E-state index contributed by atoms with van der Waals surface area (Å²) in [6.45, 7) is -0.424. The molecule has 4 rings (SSSR count). The molecule has 0 aliphatic rings. The number of esters is 1. The summed E-state index contributed by atoms with van der Waals surface area (Å²) >= 11 is 1.30. The molecule has 30 heavy (non-hydrogen) atoms. The maximum atomic E-state index is 12.6. The highest BCUT2D eigenvalue weighted by molar-refractivity contribution is 7.99. The van der Waals surface area contributed by atoms with Gasteiger partial charge in [-0.05, 0) is 36.4 Å². The highest BCUT2D eigenvalue weighted by Gasteiger charge is 2.18. The van der Waals surface area contributed by atoms with E-state index in [-0.39, 0.29) is 5.76 Å². The lowest BCUT2D eigenvalue weighted by Gasteiger charge is -2.09. The molecule has 5 nitrogen and oxygen atoms in total. The molecule has 6 heteroatoms. The molecule has 0 amide bonds. The first kappa shape index (κ1) is 19.5. The standard InChI is InChI=1S/C24H15NO4S/c25-14-17-8-2-5-11-22(17)30-23-12-6-3-9-18(23)24(27)28-15-19(26)21-13-16-7-1-4-10-20(16)29-21/h1-13H,15H2. The van der Waals surface area contributed by atoms with Gasteiger partial charge in [-0.15, -0.1) is 0 Å². The van der Waals surface area contributed by atoms with Gasteiger partial charge < -0.3 is 9.15 Å². The molecule has 0 aliphatic heterocycles. The minimum atomic E-state index is -0.614. The summed E-state index contributed by atoms with van der Waals surface area (Å²) < 4.78 is 10.8. The highest BCUT2D eigenvalue weighted by Crippen LogP contribution is 2.33. The van der Waals surface area contributed by atoms with E-state index in [1.165, 1.54) is 11.8 Å². The van der Waals surface area contributed by atoms with E-state index in [4.69, 9.17) is 9.15 Å². The molecule has 1 aromatic heterocycles. The van der Waals surface area contributed by atoms with Crippen molar-refractivity contribution in [1.82, 2.24) is 0 Å². The number of Topliss-reactive ketones (excluding diaryl/α,β-unsaturated/α-hetero) is 1. The van der Waals surface area contributed by atoms with Gasteiger partial charge in [0.1, 0.15) is 11.7 Å². The van der Waals surface area contributed by atoms with Crippen molar-refractivity contribution in [1.29, 1.82) is 5.26 Å². The Morgan fingerprint density at radius 1 is 0.933 bits per heavy atom. The zero-order chi connectivity index (χ0) is 20.9. The van der Waals surface area contributed by atoms with Crippen molar-refractivity contribution in [3.8, 4) is 6.07 Å². The number of rotatable bonds is 6. The first-order valence-corrected chi connectivity index (χ1v) is 9.92. The molecule has 0 N–H and O–H groups in total. The molecule has 0 atom stereocenters. The topological polar surface area (TPSA) is 80.3 Å². The number of nitriles is 1. The second kappa shape index (κ2) is 8.68. The summed E-state index contributed by atoms with van der Waals surface area (Å²) in [7, 11) is 0. The number of carbonyl (C=O) groups excluding carboxylic acids is 2. The van der Waals surface area contributed by atoms with Crippen LogP contribution in [-0.4, -0.2) is 18.4 Å². The Labute approximate surface area is 176 Å². The maximum Gasteiger partial charge on any atom is 0.339 e. The van der Waals surface area contributed by atoms with Crippen LogP contribution in [0.25, 0.3) is 11.0 Å². The van der Waals surface area contributed by atoms with Crippen molar-refractivity contribution in [2.24, 2.45) is 0 Å². The van der Waals surface area contributed by atoms with Gasteiger partial charge in [0, 0.05) is 15.2 Å². The summed E-state index contributed by atoms with van der Waals surface area (Å²) in [5.41, 5.74) is 1.45. The fourth-order valence-electron chi connectivity index (χ4n) is 2.89. The van der Waals surface area contributed by atoms with Crippen LogP contribution in [0, 0.1) is 11.3 Å². The summed E-state index contributed by atoms with van der Waals surface area (Å²) in [4.78, 5) is 26.4. The maximum absolute atomic E-state index is 12.6. The SMILES string of the molecule is N#Cc1ccccc1Sc1ccccc1C(=O)OCC(=O)c1cc2ccccc2o1. The number of ether oxygens (including phenoxy) is 1. The van der Waals surface area contributed by atoms with Crippen LogP contribution in [0.5, 0.6) is 0 Å². The monoisotopic (exact) mass is 413 g/mol. The smallest absolute Gasteiger partial charge is 0.339 e. The van der Waals surface area contributed by atoms with Crippen LogP contribution in [0.2, 0.25) is 0 Å². The van der Waals surface area contributed by atoms with Gasteiger partial charge in [0.25, 0.3) is 0 Å². The molecule has 0 saturated carbocycles. The third kappa shape index (κ3) is 4.12. The number of furan rings is 1. The van der Waals surface area contributed by atoms with Crippen molar-refractivity contribution in [2.75, 3.05) is 6.61 Å². The van der Waals surface area contributed by atoms with Gasteiger partial charge in [0.2, 0.25) is 5.78 Å². The number of nitrogens with zero attached hydrogens (tertiary/aromatic N) is 1. The van der Waals surface area contributed by atoms with Crippen LogP contribution in [0.4, 0.5) is 0 Å². The van der Waals surface area contributed by atoms with Crippen LogP contribution in [0.15, 0.2) is 93.1 Å². The molecule has 146 valence electrons. The van der Waals surface area contributed by atoms with Crippen LogP contribution in [0.3, 0.4) is 0 Å². The van der Waals surface area contributed by atoms with E-state index in [9.17, 15) is 14.9 Å².